The minimum atomic E-state index is -0.0760. The molecule has 1 aliphatic heterocycles. The summed E-state index contributed by atoms with van der Waals surface area (Å²) in [6.45, 7) is 1.71. The van der Waals surface area contributed by atoms with Crippen LogP contribution in [0.3, 0.4) is 0 Å². The number of ether oxygens (including phenoxy) is 1. The predicted molar refractivity (Wildman–Crippen MR) is 143 cm³/mol. The fraction of sp³-hybridized carbons (Fsp3) is 0.233. The number of likely N-dealkylation sites (tertiary alicyclic amines) is 1. The van der Waals surface area contributed by atoms with Gasteiger partial charge in [0.15, 0.2) is 0 Å². The molecule has 1 saturated heterocycles. The van der Waals surface area contributed by atoms with E-state index in [0.29, 0.717) is 55.0 Å². The highest BCUT2D eigenvalue weighted by atomic mass is 16.5. The number of piperidine rings is 1. The molecule has 1 N–H and O–H groups in total. The Morgan fingerprint density at radius 1 is 0.946 bits per heavy atom. The Balaban J connectivity index is 1.33. The van der Waals surface area contributed by atoms with Crippen molar-refractivity contribution in [1.82, 2.24) is 20.0 Å². The zero-order chi connectivity index (χ0) is 25.6. The third-order valence-corrected chi connectivity index (χ3v) is 6.68. The molecule has 1 fully saturated rings. The molecule has 7 nitrogen and oxygen atoms in total. The number of carbonyl (C=O) groups is 2. The monoisotopic (exact) mass is 494 g/mol. The van der Waals surface area contributed by atoms with E-state index in [1.54, 1.807) is 19.2 Å². The number of carbonyl (C=O) groups excluding carboxylic acids is 2. The summed E-state index contributed by atoms with van der Waals surface area (Å²) in [5.74, 6) is 0.585. The lowest BCUT2D eigenvalue weighted by Gasteiger charge is -2.32. The molecule has 7 heteroatoms. The number of aromatic nitrogens is 2. The zero-order valence-corrected chi connectivity index (χ0v) is 20.8. The maximum Gasteiger partial charge on any atom is 0.257 e. The summed E-state index contributed by atoms with van der Waals surface area (Å²) in [6.07, 6.45) is 3.25. The normalized spacial score (nSPS) is 13.8. The summed E-state index contributed by atoms with van der Waals surface area (Å²) < 4.78 is 7.23. The van der Waals surface area contributed by atoms with Gasteiger partial charge in [0, 0.05) is 36.5 Å². The molecule has 0 bridgehead atoms. The third kappa shape index (κ3) is 5.72. The minimum Gasteiger partial charge on any atom is -0.497 e. The van der Waals surface area contributed by atoms with Crippen molar-refractivity contribution in [3.8, 4) is 17.0 Å². The van der Waals surface area contributed by atoms with Gasteiger partial charge in [-0.25, -0.2) is 0 Å². The Labute approximate surface area is 216 Å². The van der Waals surface area contributed by atoms with Crippen LogP contribution >= 0.6 is 0 Å². The maximum atomic E-state index is 13.7. The molecule has 188 valence electrons. The Morgan fingerprint density at radius 2 is 1.65 bits per heavy atom. The van der Waals surface area contributed by atoms with Gasteiger partial charge in [0.2, 0.25) is 0 Å². The second-order valence-corrected chi connectivity index (χ2v) is 9.21. The first-order valence-electron chi connectivity index (χ1n) is 12.5. The number of benzene rings is 3. The Kier molecular flexibility index (Phi) is 7.31. The van der Waals surface area contributed by atoms with Crippen LogP contribution in [0.5, 0.6) is 5.75 Å². The van der Waals surface area contributed by atoms with Crippen LogP contribution in [-0.2, 0) is 6.54 Å². The molecule has 1 aromatic heterocycles. The Hall–Kier alpha value is -4.39. The van der Waals surface area contributed by atoms with Crippen molar-refractivity contribution in [1.29, 1.82) is 0 Å². The number of nitrogens with zero attached hydrogens (tertiary/aromatic N) is 3. The summed E-state index contributed by atoms with van der Waals surface area (Å²) in [7, 11) is 1.62. The summed E-state index contributed by atoms with van der Waals surface area (Å²) in [5.41, 5.74) is 3.79. The van der Waals surface area contributed by atoms with Gasteiger partial charge >= 0.3 is 0 Å². The molecule has 3 aromatic carbocycles. The molecule has 0 spiro atoms. The molecule has 4 aromatic rings. The van der Waals surface area contributed by atoms with Gasteiger partial charge < -0.3 is 15.0 Å². The molecular formula is C30H30N4O3. The van der Waals surface area contributed by atoms with Gasteiger partial charge in [-0.3, -0.25) is 14.3 Å². The summed E-state index contributed by atoms with van der Waals surface area (Å²) in [6, 6.07) is 26.9. The van der Waals surface area contributed by atoms with Crippen molar-refractivity contribution < 1.29 is 14.3 Å². The summed E-state index contributed by atoms with van der Waals surface area (Å²) in [4.78, 5) is 28.1. The van der Waals surface area contributed by atoms with Crippen LogP contribution in [0.25, 0.3) is 11.3 Å². The number of amides is 2. The molecule has 0 saturated carbocycles. The van der Waals surface area contributed by atoms with Gasteiger partial charge in [-0.15, -0.1) is 0 Å². The molecular weight excluding hydrogens is 464 g/mol. The lowest BCUT2D eigenvalue weighted by Crippen LogP contribution is -2.46. The van der Waals surface area contributed by atoms with Gasteiger partial charge in [0.05, 0.1) is 19.2 Å². The first kappa shape index (κ1) is 24.3. The van der Waals surface area contributed by atoms with Crippen molar-refractivity contribution in [2.75, 3.05) is 20.2 Å². The molecule has 0 atom stereocenters. The molecule has 0 aliphatic carbocycles. The molecule has 0 radical (unpaired) electrons. The van der Waals surface area contributed by atoms with E-state index in [0.717, 1.165) is 11.1 Å². The van der Waals surface area contributed by atoms with E-state index in [9.17, 15) is 9.59 Å². The molecule has 2 amide bonds. The first-order valence-corrected chi connectivity index (χ1v) is 12.5. The standard InChI is InChI=1S/C30H30N4O3/c1-37-26-14-8-13-24(19-26)28-27(21-34(32-28)20-22-9-4-2-5-10-22)30(36)33-17-15-25(16-18-33)31-29(35)23-11-6-3-7-12-23/h2-14,19,21,25H,15-18,20H2,1H3,(H,31,35). The van der Waals surface area contributed by atoms with E-state index in [1.165, 1.54) is 0 Å². The first-order chi connectivity index (χ1) is 18.1. The van der Waals surface area contributed by atoms with Crippen molar-refractivity contribution in [3.05, 3.63) is 108 Å². The van der Waals surface area contributed by atoms with Crippen LogP contribution in [0.15, 0.2) is 91.1 Å². The average Bonchev–Trinajstić information content (AvgIpc) is 3.38. The fourth-order valence-electron chi connectivity index (χ4n) is 4.67. The van der Waals surface area contributed by atoms with E-state index in [2.05, 4.69) is 5.32 Å². The van der Waals surface area contributed by atoms with Crippen molar-refractivity contribution in [2.45, 2.75) is 25.4 Å². The lowest BCUT2D eigenvalue weighted by molar-refractivity contribution is 0.0698. The molecule has 37 heavy (non-hydrogen) atoms. The molecule has 0 unspecified atom stereocenters. The Bertz CT molecular complexity index is 1360. The molecule has 5 rings (SSSR count). The number of rotatable bonds is 7. The minimum absolute atomic E-state index is 0.0374. The van der Waals surface area contributed by atoms with Crippen LogP contribution in [0.4, 0.5) is 0 Å². The number of hydrogen-bond acceptors (Lipinski definition) is 4. The van der Waals surface area contributed by atoms with E-state index in [-0.39, 0.29) is 17.9 Å². The summed E-state index contributed by atoms with van der Waals surface area (Å²) >= 11 is 0. The Morgan fingerprint density at radius 3 is 2.35 bits per heavy atom. The van der Waals surface area contributed by atoms with Gasteiger partial charge in [-0.1, -0.05) is 60.7 Å². The smallest absolute Gasteiger partial charge is 0.257 e. The topological polar surface area (TPSA) is 76.5 Å². The second-order valence-electron chi connectivity index (χ2n) is 9.21. The lowest BCUT2D eigenvalue weighted by atomic mass is 10.0. The highest BCUT2D eigenvalue weighted by Crippen LogP contribution is 2.28. The largest absolute Gasteiger partial charge is 0.497 e. The van der Waals surface area contributed by atoms with Gasteiger partial charge in [0.25, 0.3) is 11.8 Å². The molecule has 2 heterocycles. The second kappa shape index (κ2) is 11.1. The predicted octanol–water partition coefficient (Wildman–Crippen LogP) is 4.64. The van der Waals surface area contributed by atoms with Crippen LogP contribution in [0, 0.1) is 0 Å². The molecule has 1 aliphatic rings. The van der Waals surface area contributed by atoms with Crippen molar-refractivity contribution in [2.24, 2.45) is 0 Å². The van der Waals surface area contributed by atoms with Crippen LogP contribution < -0.4 is 10.1 Å². The SMILES string of the molecule is COc1cccc(-c2nn(Cc3ccccc3)cc2C(=O)N2CCC(NC(=O)c3ccccc3)CC2)c1. The number of methoxy groups -OCH3 is 1. The van der Waals surface area contributed by atoms with Crippen molar-refractivity contribution >= 4 is 11.8 Å². The van der Waals surface area contributed by atoms with Gasteiger partial charge in [0.1, 0.15) is 11.4 Å². The van der Waals surface area contributed by atoms with E-state index in [4.69, 9.17) is 9.84 Å². The van der Waals surface area contributed by atoms with Crippen LogP contribution in [0.2, 0.25) is 0 Å². The van der Waals surface area contributed by atoms with E-state index in [1.807, 2.05) is 88.6 Å². The fourth-order valence-corrected chi connectivity index (χ4v) is 4.67. The quantitative estimate of drug-likeness (QED) is 0.406. The van der Waals surface area contributed by atoms with Crippen LogP contribution in [-0.4, -0.2) is 52.7 Å². The van der Waals surface area contributed by atoms with E-state index >= 15 is 0 Å². The maximum absolute atomic E-state index is 13.7. The van der Waals surface area contributed by atoms with Crippen molar-refractivity contribution in [3.63, 3.8) is 0 Å². The third-order valence-electron chi connectivity index (χ3n) is 6.68. The van der Waals surface area contributed by atoms with Gasteiger partial charge in [-0.05, 0) is 42.7 Å². The zero-order valence-electron chi connectivity index (χ0n) is 20.8. The highest BCUT2D eigenvalue weighted by Gasteiger charge is 2.28. The van der Waals surface area contributed by atoms with Crippen LogP contribution in [0.1, 0.15) is 39.1 Å². The highest BCUT2D eigenvalue weighted by molar-refractivity contribution is 6.00. The number of hydrogen-bond donors (Lipinski definition) is 1. The average molecular weight is 495 g/mol. The van der Waals surface area contributed by atoms with Gasteiger partial charge in [-0.2, -0.15) is 5.10 Å². The summed E-state index contributed by atoms with van der Waals surface area (Å²) in [5, 5.41) is 7.92. The van der Waals surface area contributed by atoms with E-state index < -0.39 is 0 Å². The number of nitrogens with one attached hydrogen (secondary N) is 1.